The predicted octanol–water partition coefficient (Wildman–Crippen LogP) is 5.94. The number of non-ortho nitro benzene ring substituents is 1. The third-order valence-electron chi connectivity index (χ3n) is 4.87. The molecule has 0 saturated carbocycles. The van der Waals surface area contributed by atoms with Gasteiger partial charge in [0.25, 0.3) is 5.69 Å². The molecule has 0 amide bonds. The van der Waals surface area contributed by atoms with Gasteiger partial charge in [0.1, 0.15) is 6.61 Å². The van der Waals surface area contributed by atoms with Gasteiger partial charge in [-0.25, -0.2) is 9.79 Å². The number of nitrogens with zero attached hydrogens (tertiary/aromatic N) is 2. The molecule has 3 aromatic rings. The number of ether oxygens (including phenoxy) is 3. The summed E-state index contributed by atoms with van der Waals surface area (Å²) in [5.74, 6) is 0.173. The van der Waals surface area contributed by atoms with Crippen LogP contribution in [-0.4, -0.2) is 23.9 Å². The molecule has 0 spiro atoms. The highest BCUT2D eigenvalue weighted by Crippen LogP contribution is 2.35. The highest BCUT2D eigenvalue weighted by atomic mass is 79.9. The van der Waals surface area contributed by atoms with Gasteiger partial charge in [0.15, 0.2) is 17.2 Å². The maximum atomic E-state index is 12.5. The number of hydrogen-bond acceptors (Lipinski definition) is 7. The minimum absolute atomic E-state index is 0.0171. The molecule has 0 saturated heterocycles. The van der Waals surface area contributed by atoms with Crippen LogP contribution in [0.2, 0.25) is 5.02 Å². The fourth-order valence-corrected chi connectivity index (χ4v) is 3.84. The van der Waals surface area contributed by atoms with E-state index >= 15 is 0 Å². The second-order valence-corrected chi connectivity index (χ2v) is 8.28. The summed E-state index contributed by atoms with van der Waals surface area (Å²) < 4.78 is 17.7. The van der Waals surface area contributed by atoms with Crippen molar-refractivity contribution in [3.8, 4) is 11.5 Å². The molecule has 10 heteroatoms. The number of carbonyl (C=O) groups is 1. The fraction of sp³-hybridized carbons (Fsp3) is 0.0833. The molecule has 4 rings (SSSR count). The van der Waals surface area contributed by atoms with Crippen LogP contribution in [0.1, 0.15) is 16.7 Å². The second kappa shape index (κ2) is 10.1. The molecule has 1 heterocycles. The Labute approximate surface area is 207 Å². The largest absolute Gasteiger partial charge is 0.493 e. The summed E-state index contributed by atoms with van der Waals surface area (Å²) in [6.07, 6.45) is 1.52. The Morgan fingerprint density at radius 1 is 1.18 bits per heavy atom. The van der Waals surface area contributed by atoms with Crippen molar-refractivity contribution in [2.45, 2.75) is 6.61 Å². The van der Waals surface area contributed by atoms with Gasteiger partial charge in [-0.2, -0.15) is 0 Å². The van der Waals surface area contributed by atoms with E-state index in [1.165, 1.54) is 31.4 Å². The third-order valence-corrected chi connectivity index (χ3v) is 5.95. The monoisotopic (exact) mass is 542 g/mol. The summed E-state index contributed by atoms with van der Waals surface area (Å²) in [6, 6.07) is 16.7. The number of rotatable bonds is 7. The van der Waals surface area contributed by atoms with Gasteiger partial charge in [-0.05, 0) is 24.3 Å². The van der Waals surface area contributed by atoms with Crippen molar-refractivity contribution in [1.82, 2.24) is 0 Å². The number of hydrogen-bond donors (Lipinski definition) is 0. The zero-order valence-electron chi connectivity index (χ0n) is 17.7. The lowest BCUT2D eigenvalue weighted by Gasteiger charge is -2.14. The lowest BCUT2D eigenvalue weighted by Crippen LogP contribution is -2.06. The van der Waals surface area contributed by atoms with Crippen LogP contribution < -0.4 is 9.47 Å². The van der Waals surface area contributed by atoms with Gasteiger partial charge < -0.3 is 14.2 Å². The van der Waals surface area contributed by atoms with Crippen molar-refractivity contribution in [2.24, 2.45) is 4.99 Å². The SMILES string of the molecule is COc1cccc(/C=C2\N=C(c3ccc([N+](=O)[O-])cc3Cl)OC2=O)c1OCc1ccccc1Br. The van der Waals surface area contributed by atoms with Gasteiger partial charge in [-0.15, -0.1) is 0 Å². The zero-order valence-corrected chi connectivity index (χ0v) is 20.0. The Bertz CT molecular complexity index is 1360. The van der Waals surface area contributed by atoms with Crippen molar-refractivity contribution in [3.05, 3.63) is 103 Å². The minimum Gasteiger partial charge on any atom is -0.493 e. The zero-order chi connectivity index (χ0) is 24.2. The third kappa shape index (κ3) is 4.95. The molecule has 0 atom stereocenters. The molecule has 0 unspecified atom stereocenters. The van der Waals surface area contributed by atoms with Crippen LogP contribution in [0.4, 0.5) is 5.69 Å². The van der Waals surface area contributed by atoms with E-state index in [0.717, 1.165) is 10.0 Å². The predicted molar refractivity (Wildman–Crippen MR) is 130 cm³/mol. The lowest BCUT2D eigenvalue weighted by atomic mass is 10.1. The van der Waals surface area contributed by atoms with Crippen LogP contribution in [0.3, 0.4) is 0 Å². The number of esters is 1. The van der Waals surface area contributed by atoms with E-state index < -0.39 is 10.9 Å². The van der Waals surface area contributed by atoms with Crippen molar-refractivity contribution < 1.29 is 23.9 Å². The number of carbonyl (C=O) groups excluding carboxylic acids is 1. The average Bonchev–Trinajstić information content (AvgIpc) is 3.18. The quantitative estimate of drug-likeness (QED) is 0.158. The Morgan fingerprint density at radius 3 is 2.68 bits per heavy atom. The number of cyclic esters (lactones) is 1. The smallest absolute Gasteiger partial charge is 0.363 e. The van der Waals surface area contributed by atoms with E-state index in [-0.39, 0.29) is 34.5 Å². The van der Waals surface area contributed by atoms with E-state index in [1.54, 1.807) is 18.2 Å². The van der Waals surface area contributed by atoms with Crippen molar-refractivity contribution >= 4 is 51.2 Å². The molecule has 1 aliphatic rings. The molecule has 0 fully saturated rings. The molecule has 3 aromatic carbocycles. The first-order valence-electron chi connectivity index (χ1n) is 9.87. The first kappa shape index (κ1) is 23.5. The van der Waals surface area contributed by atoms with Crippen LogP contribution in [0, 0.1) is 10.1 Å². The van der Waals surface area contributed by atoms with Gasteiger partial charge in [0.05, 0.1) is 22.6 Å². The molecule has 0 radical (unpaired) electrons. The number of benzene rings is 3. The Morgan fingerprint density at radius 2 is 1.97 bits per heavy atom. The van der Waals surface area contributed by atoms with E-state index in [1.807, 2.05) is 24.3 Å². The fourth-order valence-electron chi connectivity index (χ4n) is 3.19. The number of halogens is 2. The van der Waals surface area contributed by atoms with E-state index in [0.29, 0.717) is 17.1 Å². The molecule has 172 valence electrons. The Hall–Kier alpha value is -3.69. The maximum Gasteiger partial charge on any atom is 0.363 e. The number of nitro groups is 1. The van der Waals surface area contributed by atoms with Gasteiger partial charge in [0, 0.05) is 27.7 Å². The maximum absolute atomic E-state index is 12.5. The van der Waals surface area contributed by atoms with E-state index in [4.69, 9.17) is 25.8 Å². The van der Waals surface area contributed by atoms with E-state index in [2.05, 4.69) is 20.9 Å². The summed E-state index contributed by atoms with van der Waals surface area (Å²) in [6.45, 7) is 0.259. The average molecular weight is 544 g/mol. The van der Waals surface area contributed by atoms with Crippen LogP contribution >= 0.6 is 27.5 Å². The highest BCUT2D eigenvalue weighted by Gasteiger charge is 2.27. The topological polar surface area (TPSA) is 100 Å². The van der Waals surface area contributed by atoms with Gasteiger partial charge in [0.2, 0.25) is 5.90 Å². The summed E-state index contributed by atoms with van der Waals surface area (Å²) in [5, 5.41) is 11.0. The normalized spacial score (nSPS) is 14.0. The second-order valence-electron chi connectivity index (χ2n) is 7.02. The van der Waals surface area contributed by atoms with Gasteiger partial charge in [-0.3, -0.25) is 10.1 Å². The van der Waals surface area contributed by atoms with Crippen LogP contribution in [0.25, 0.3) is 6.08 Å². The molecular formula is C24H16BrClN2O6. The Kier molecular flexibility index (Phi) is 6.95. The molecule has 0 bridgehead atoms. The standard InChI is InChI=1S/C24H16BrClN2O6/c1-32-21-8-4-6-14(22(21)33-13-15-5-2-3-7-18(15)25)11-20-24(29)34-23(27-20)17-10-9-16(28(30)31)12-19(17)26/h2-12H,13H2,1H3/b20-11-. The molecule has 0 N–H and O–H groups in total. The molecule has 0 aromatic heterocycles. The number of para-hydroxylation sites is 1. The summed E-state index contributed by atoms with van der Waals surface area (Å²) >= 11 is 9.65. The molecule has 1 aliphatic heterocycles. The highest BCUT2D eigenvalue weighted by molar-refractivity contribution is 9.10. The molecule has 8 nitrogen and oxygen atoms in total. The van der Waals surface area contributed by atoms with Crippen molar-refractivity contribution in [2.75, 3.05) is 7.11 Å². The number of nitro benzene ring substituents is 1. The first-order chi connectivity index (χ1) is 16.4. The number of aliphatic imine (C=N–C) groups is 1. The number of methoxy groups -OCH3 is 1. The lowest BCUT2D eigenvalue weighted by molar-refractivity contribution is -0.384. The van der Waals surface area contributed by atoms with Crippen LogP contribution in [0.15, 0.2) is 75.8 Å². The molecule has 34 heavy (non-hydrogen) atoms. The molecular weight excluding hydrogens is 528 g/mol. The Balaban J connectivity index is 1.67. The van der Waals surface area contributed by atoms with E-state index in [9.17, 15) is 14.9 Å². The first-order valence-corrected chi connectivity index (χ1v) is 11.0. The summed E-state index contributed by atoms with van der Waals surface area (Å²) in [4.78, 5) is 27.1. The summed E-state index contributed by atoms with van der Waals surface area (Å²) in [5.41, 5.74) is 1.58. The van der Waals surface area contributed by atoms with Crippen molar-refractivity contribution in [1.29, 1.82) is 0 Å². The van der Waals surface area contributed by atoms with Crippen molar-refractivity contribution in [3.63, 3.8) is 0 Å². The van der Waals surface area contributed by atoms with Gasteiger partial charge in [-0.1, -0.05) is 57.9 Å². The van der Waals surface area contributed by atoms with Crippen LogP contribution in [0.5, 0.6) is 11.5 Å². The molecule has 0 aliphatic carbocycles. The van der Waals surface area contributed by atoms with Gasteiger partial charge >= 0.3 is 5.97 Å². The summed E-state index contributed by atoms with van der Waals surface area (Å²) in [7, 11) is 1.52. The van der Waals surface area contributed by atoms with Crippen LogP contribution in [-0.2, 0) is 16.1 Å². The minimum atomic E-state index is -0.691.